The van der Waals surface area contributed by atoms with Crippen LogP contribution in [0.4, 0.5) is 0 Å². The second kappa shape index (κ2) is 15.0. The van der Waals surface area contributed by atoms with Crippen molar-refractivity contribution < 1.29 is 35.7 Å². The number of aliphatic hydroxyl groups is 1. The minimum absolute atomic E-state index is 0.123. The Labute approximate surface area is 176 Å². The summed E-state index contributed by atoms with van der Waals surface area (Å²) in [5.41, 5.74) is 6.95. The molecule has 0 saturated heterocycles. The van der Waals surface area contributed by atoms with E-state index < -0.39 is 0 Å². The zero-order valence-corrected chi connectivity index (χ0v) is 18.0. The van der Waals surface area contributed by atoms with Gasteiger partial charge in [0.05, 0.1) is 0 Å². The molecule has 6 nitrogen and oxygen atoms in total. The van der Waals surface area contributed by atoms with Crippen LogP contribution in [0.25, 0.3) is 0 Å². The van der Waals surface area contributed by atoms with Crippen molar-refractivity contribution in [2.24, 2.45) is 0 Å². The third-order valence-corrected chi connectivity index (χ3v) is 3.36. The fourth-order valence-electron chi connectivity index (χ4n) is 1.78. The first kappa shape index (κ1) is 24.9. The Bertz CT molecular complexity index is 754. The predicted molar refractivity (Wildman–Crippen MR) is 103 cm³/mol. The van der Waals surface area contributed by atoms with Gasteiger partial charge in [-0.3, -0.25) is 15.0 Å². The van der Waals surface area contributed by atoms with Crippen LogP contribution in [0.2, 0.25) is 0 Å². The Balaban J connectivity index is 0.00000123. The van der Waals surface area contributed by atoms with Crippen molar-refractivity contribution in [3.8, 4) is 0 Å². The molecular weight excluding hydrogens is 451 g/mol. The quantitative estimate of drug-likeness (QED) is 0.353. The van der Waals surface area contributed by atoms with E-state index in [9.17, 15) is 9.59 Å². The van der Waals surface area contributed by atoms with Gasteiger partial charge in [-0.05, 0) is 32.0 Å². The van der Waals surface area contributed by atoms with Gasteiger partial charge in [-0.2, -0.15) is 0 Å². The number of aliphatic hydroxyl groups excluding tert-OH is 1. The summed E-state index contributed by atoms with van der Waals surface area (Å²) in [5.74, 6) is -0.400. The molecule has 3 N–H and O–H groups in total. The molecule has 0 heterocycles. The Morgan fingerprint density at radius 2 is 1.59 bits per heavy atom. The molecule has 0 atom stereocenters. The summed E-state index contributed by atoms with van der Waals surface area (Å²) in [6, 6.07) is 16.0. The number of rotatable bonds is 5. The van der Waals surface area contributed by atoms with Crippen molar-refractivity contribution in [3.05, 3.63) is 82.0 Å². The number of benzene rings is 2. The maximum atomic E-state index is 12.0. The first-order chi connectivity index (χ1) is 13.0. The number of carbonyl (C=O) groups is 2. The molecule has 0 aliphatic rings. The van der Waals surface area contributed by atoms with Crippen molar-refractivity contribution >= 4 is 27.6 Å². The SMILES string of the molecule is C/C(=C/C(=O)c1ccccc1)NNC(=O)c1cccc(Br)c1.CCO.[O]=[V]. The van der Waals surface area contributed by atoms with E-state index in [4.69, 9.17) is 8.78 Å². The molecule has 27 heavy (non-hydrogen) atoms. The first-order valence-corrected chi connectivity index (χ1v) is 9.23. The van der Waals surface area contributed by atoms with Gasteiger partial charge in [0.1, 0.15) is 0 Å². The molecule has 0 unspecified atom stereocenters. The number of allylic oxidation sites excluding steroid dienone is 2. The van der Waals surface area contributed by atoms with Gasteiger partial charge >= 0.3 is 21.0 Å². The zero-order chi connectivity index (χ0) is 20.7. The Kier molecular flexibility index (Phi) is 13.9. The summed E-state index contributed by atoms with van der Waals surface area (Å²) in [7, 11) is 0. The number of amides is 1. The zero-order valence-electron chi connectivity index (χ0n) is 15.0. The van der Waals surface area contributed by atoms with Gasteiger partial charge in [-0.15, -0.1) is 0 Å². The van der Waals surface area contributed by atoms with Crippen LogP contribution in [0.3, 0.4) is 0 Å². The van der Waals surface area contributed by atoms with Crippen LogP contribution in [0.15, 0.2) is 70.8 Å². The van der Waals surface area contributed by atoms with E-state index in [0.717, 1.165) is 21.8 Å². The average Bonchev–Trinajstić information content (AvgIpc) is 2.69. The summed E-state index contributed by atoms with van der Waals surface area (Å²) in [5, 5.41) is 7.57. The molecule has 0 aliphatic carbocycles. The number of nitrogens with one attached hydrogen (secondary N) is 2. The minimum atomic E-state index is -0.277. The van der Waals surface area contributed by atoms with Crippen LogP contribution in [0.1, 0.15) is 34.6 Å². The predicted octanol–water partition coefficient (Wildman–Crippen LogP) is 3.35. The van der Waals surface area contributed by atoms with Crippen molar-refractivity contribution in [2.75, 3.05) is 6.61 Å². The van der Waals surface area contributed by atoms with Gasteiger partial charge in [0.25, 0.3) is 5.91 Å². The second-order valence-electron chi connectivity index (χ2n) is 4.96. The molecule has 0 aliphatic heterocycles. The number of carbonyl (C=O) groups excluding carboxylic acids is 2. The van der Waals surface area contributed by atoms with Crippen LogP contribution in [0.5, 0.6) is 0 Å². The Morgan fingerprint density at radius 1 is 1.04 bits per heavy atom. The third kappa shape index (κ3) is 10.6. The topological polar surface area (TPSA) is 95.5 Å². The molecule has 8 heteroatoms. The summed E-state index contributed by atoms with van der Waals surface area (Å²) in [6.07, 6.45) is 1.44. The summed E-state index contributed by atoms with van der Waals surface area (Å²) in [4.78, 5) is 23.9. The molecule has 1 amide bonds. The van der Waals surface area contributed by atoms with Crippen LogP contribution >= 0.6 is 15.9 Å². The molecule has 0 bridgehead atoms. The maximum absolute atomic E-state index is 12.0. The molecule has 2 aromatic rings. The van der Waals surface area contributed by atoms with Gasteiger partial charge in [0.15, 0.2) is 5.78 Å². The second-order valence-corrected chi connectivity index (χ2v) is 5.88. The van der Waals surface area contributed by atoms with E-state index >= 15 is 0 Å². The van der Waals surface area contributed by atoms with Crippen LogP contribution < -0.4 is 10.9 Å². The Hall–Kier alpha value is -2.06. The van der Waals surface area contributed by atoms with Gasteiger partial charge in [0.2, 0.25) is 0 Å². The van der Waals surface area contributed by atoms with Crippen LogP contribution in [0, 0.1) is 0 Å². The van der Waals surface area contributed by atoms with E-state index in [2.05, 4.69) is 26.8 Å². The van der Waals surface area contributed by atoms with E-state index in [1.54, 1.807) is 56.3 Å². The number of halogens is 1. The standard InChI is InChI=1S/C17H15BrN2O2.C2H6O.O.V/c1-12(10-16(21)13-6-3-2-4-7-13)19-20-17(22)14-8-5-9-15(18)11-14;1-2-3;;/h2-11,19H,1H3,(H,20,22);3H,2H2,1H3;;/b12-10-;;;. The molecule has 0 saturated carbocycles. The summed E-state index contributed by atoms with van der Waals surface area (Å²) >= 11 is 4.38. The number of hydrogen-bond acceptors (Lipinski definition) is 5. The molecular formula is C19H21BrN2O4V. The van der Waals surface area contributed by atoms with E-state index in [1.807, 2.05) is 12.1 Å². The molecule has 0 aromatic heterocycles. The third-order valence-electron chi connectivity index (χ3n) is 2.87. The van der Waals surface area contributed by atoms with Crippen molar-refractivity contribution in [1.29, 1.82) is 0 Å². The van der Waals surface area contributed by atoms with E-state index in [1.165, 1.54) is 6.08 Å². The van der Waals surface area contributed by atoms with E-state index in [-0.39, 0.29) is 18.3 Å². The molecule has 0 radical (unpaired) electrons. The fraction of sp³-hybridized carbons (Fsp3) is 0.158. The van der Waals surface area contributed by atoms with E-state index in [0.29, 0.717) is 16.8 Å². The number of hydrogen-bond donors (Lipinski definition) is 3. The van der Waals surface area contributed by atoms with Gasteiger partial charge in [-0.25, -0.2) is 0 Å². The molecule has 2 aromatic carbocycles. The van der Waals surface area contributed by atoms with Crippen molar-refractivity contribution in [2.45, 2.75) is 13.8 Å². The molecule has 0 fully saturated rings. The van der Waals surface area contributed by atoms with Crippen LogP contribution in [-0.2, 0) is 21.0 Å². The fourth-order valence-corrected chi connectivity index (χ4v) is 2.17. The van der Waals surface area contributed by atoms with Crippen molar-refractivity contribution in [3.63, 3.8) is 0 Å². The number of ketones is 1. The molecule has 0 spiro atoms. The monoisotopic (exact) mass is 471 g/mol. The summed E-state index contributed by atoms with van der Waals surface area (Å²) < 4.78 is 9.01. The molecule has 143 valence electrons. The van der Waals surface area contributed by atoms with Gasteiger partial charge in [-0.1, -0.05) is 52.3 Å². The Morgan fingerprint density at radius 3 is 2.15 bits per heavy atom. The number of hydrazine groups is 1. The summed E-state index contributed by atoms with van der Waals surface area (Å²) in [6.45, 7) is 3.64. The first-order valence-electron chi connectivity index (χ1n) is 7.86. The van der Waals surface area contributed by atoms with Gasteiger partial charge in [0, 0.05) is 34.0 Å². The van der Waals surface area contributed by atoms with Gasteiger partial charge < -0.3 is 10.5 Å². The van der Waals surface area contributed by atoms with Crippen LogP contribution in [-0.4, -0.2) is 23.4 Å². The molecule has 2 rings (SSSR count). The normalized spacial score (nSPS) is 9.67. The van der Waals surface area contributed by atoms with Crippen molar-refractivity contribution in [1.82, 2.24) is 10.9 Å². The average molecular weight is 472 g/mol.